The van der Waals surface area contributed by atoms with Crippen LogP contribution in [0.25, 0.3) is 0 Å². The second-order valence-corrected chi connectivity index (χ2v) is 6.51. The van der Waals surface area contributed by atoms with Gasteiger partial charge in [-0.05, 0) is 38.3 Å². The largest absolute Gasteiger partial charge is 0.401 e. The minimum Gasteiger partial charge on any atom is -0.392 e. The zero-order chi connectivity index (χ0) is 15.3. The lowest BCUT2D eigenvalue weighted by atomic mass is 9.85. The Morgan fingerprint density at radius 1 is 0.905 bits per heavy atom. The van der Waals surface area contributed by atoms with E-state index >= 15 is 0 Å². The highest BCUT2D eigenvalue weighted by Gasteiger charge is 2.32. The minimum absolute atomic E-state index is 0.320. The number of halogens is 3. The number of aliphatic hydroxyl groups excluding tert-OH is 1. The lowest BCUT2D eigenvalue weighted by Gasteiger charge is -2.31. The lowest BCUT2D eigenvalue weighted by molar-refractivity contribution is -0.145. The molecule has 1 aliphatic heterocycles. The normalized spacial score (nSPS) is 25.7. The van der Waals surface area contributed by atoms with Gasteiger partial charge in [-0.3, -0.25) is 9.80 Å². The van der Waals surface area contributed by atoms with E-state index in [1.54, 1.807) is 0 Å². The maximum Gasteiger partial charge on any atom is 0.401 e. The van der Waals surface area contributed by atoms with Crippen molar-refractivity contribution in [3.63, 3.8) is 0 Å². The molecule has 2 fully saturated rings. The topological polar surface area (TPSA) is 26.7 Å². The quantitative estimate of drug-likeness (QED) is 0.864. The molecule has 6 heteroatoms. The molecule has 2 aliphatic rings. The predicted molar refractivity (Wildman–Crippen MR) is 76.1 cm³/mol. The van der Waals surface area contributed by atoms with Crippen LogP contribution >= 0.6 is 0 Å². The summed E-state index contributed by atoms with van der Waals surface area (Å²) in [7, 11) is 0. The third-order valence-corrected chi connectivity index (χ3v) is 4.72. The van der Waals surface area contributed by atoms with E-state index in [0.29, 0.717) is 32.1 Å². The molecule has 0 aromatic heterocycles. The van der Waals surface area contributed by atoms with Gasteiger partial charge in [0.25, 0.3) is 0 Å². The fourth-order valence-electron chi connectivity index (χ4n) is 3.55. The molecule has 124 valence electrons. The summed E-state index contributed by atoms with van der Waals surface area (Å²) in [5.41, 5.74) is 0. The van der Waals surface area contributed by atoms with Gasteiger partial charge >= 0.3 is 6.18 Å². The van der Waals surface area contributed by atoms with Crippen LogP contribution in [-0.2, 0) is 0 Å². The van der Waals surface area contributed by atoms with Gasteiger partial charge in [-0.2, -0.15) is 13.2 Å². The number of hydrogen-bond acceptors (Lipinski definition) is 3. The van der Waals surface area contributed by atoms with Crippen LogP contribution in [0.3, 0.4) is 0 Å². The van der Waals surface area contributed by atoms with E-state index in [1.807, 2.05) is 0 Å². The van der Waals surface area contributed by atoms with Gasteiger partial charge in [-0.25, -0.2) is 0 Å². The van der Waals surface area contributed by atoms with Crippen LogP contribution in [0, 0.1) is 5.92 Å². The molecule has 1 saturated carbocycles. The number of β-amino-alcohol motifs (C(OH)–C–C–N with tert-alkyl or cyclic N) is 1. The van der Waals surface area contributed by atoms with E-state index in [9.17, 15) is 18.3 Å². The molecule has 1 N–H and O–H groups in total. The molecule has 3 nitrogen and oxygen atoms in total. The first kappa shape index (κ1) is 17.0. The van der Waals surface area contributed by atoms with Crippen LogP contribution in [0.2, 0.25) is 0 Å². The van der Waals surface area contributed by atoms with Crippen molar-refractivity contribution in [1.29, 1.82) is 0 Å². The molecule has 0 aromatic rings. The predicted octanol–water partition coefficient (Wildman–Crippen LogP) is 2.50. The van der Waals surface area contributed by atoms with Gasteiger partial charge in [-0.15, -0.1) is 0 Å². The molecule has 1 aliphatic carbocycles. The molecule has 1 saturated heterocycles. The molecular formula is C15H27F3N2O. The molecule has 0 bridgehead atoms. The summed E-state index contributed by atoms with van der Waals surface area (Å²) in [6, 6.07) is 0. The van der Waals surface area contributed by atoms with Crippen molar-refractivity contribution in [3.05, 3.63) is 0 Å². The van der Waals surface area contributed by atoms with Crippen LogP contribution < -0.4 is 0 Å². The first-order valence-corrected chi connectivity index (χ1v) is 8.13. The van der Waals surface area contributed by atoms with E-state index in [4.69, 9.17) is 0 Å². The number of rotatable bonds is 4. The van der Waals surface area contributed by atoms with Gasteiger partial charge in [0.1, 0.15) is 0 Å². The Morgan fingerprint density at radius 2 is 1.52 bits per heavy atom. The highest BCUT2D eigenvalue weighted by Crippen LogP contribution is 2.27. The average molecular weight is 308 g/mol. The van der Waals surface area contributed by atoms with Gasteiger partial charge in [0.05, 0.1) is 12.6 Å². The Kier molecular flexibility index (Phi) is 6.32. The van der Waals surface area contributed by atoms with E-state index in [1.165, 1.54) is 24.2 Å². The van der Waals surface area contributed by atoms with Crippen LogP contribution in [-0.4, -0.2) is 66.5 Å². The fraction of sp³-hybridized carbons (Fsp3) is 1.00. The molecule has 2 rings (SSSR count). The second kappa shape index (κ2) is 7.79. The zero-order valence-electron chi connectivity index (χ0n) is 12.6. The molecule has 0 radical (unpaired) electrons. The van der Waals surface area contributed by atoms with Crippen molar-refractivity contribution in [3.8, 4) is 0 Å². The van der Waals surface area contributed by atoms with E-state index < -0.39 is 12.7 Å². The van der Waals surface area contributed by atoms with Crippen molar-refractivity contribution in [2.24, 2.45) is 5.92 Å². The molecule has 1 atom stereocenters. The molecule has 0 unspecified atom stereocenters. The SMILES string of the molecule is O[C@H](CN1CCCN(CC(F)(F)F)CC1)C1CCCCC1. The average Bonchev–Trinajstić information content (AvgIpc) is 2.63. The molecule has 0 amide bonds. The Balaban J connectivity index is 1.74. The Morgan fingerprint density at radius 3 is 2.19 bits per heavy atom. The number of alkyl halides is 3. The van der Waals surface area contributed by atoms with E-state index in [0.717, 1.165) is 25.8 Å². The van der Waals surface area contributed by atoms with Gasteiger partial charge in [-0.1, -0.05) is 19.3 Å². The second-order valence-electron chi connectivity index (χ2n) is 6.51. The van der Waals surface area contributed by atoms with Crippen LogP contribution in [0.15, 0.2) is 0 Å². The monoisotopic (exact) mass is 308 g/mol. The van der Waals surface area contributed by atoms with Crippen LogP contribution in [0.4, 0.5) is 13.2 Å². The summed E-state index contributed by atoms with van der Waals surface area (Å²) in [5, 5.41) is 10.3. The number of nitrogens with zero attached hydrogens (tertiary/aromatic N) is 2. The molecule has 21 heavy (non-hydrogen) atoms. The summed E-state index contributed by atoms with van der Waals surface area (Å²) in [6.45, 7) is 2.15. The van der Waals surface area contributed by atoms with Crippen LogP contribution in [0.5, 0.6) is 0 Å². The Hall–Kier alpha value is -0.330. The lowest BCUT2D eigenvalue weighted by Crippen LogP contribution is -2.40. The minimum atomic E-state index is -4.11. The van der Waals surface area contributed by atoms with E-state index in [2.05, 4.69) is 4.90 Å². The third-order valence-electron chi connectivity index (χ3n) is 4.72. The van der Waals surface area contributed by atoms with Crippen molar-refractivity contribution in [2.75, 3.05) is 39.3 Å². The summed E-state index contributed by atoms with van der Waals surface area (Å²) >= 11 is 0. The molecule has 0 spiro atoms. The maximum absolute atomic E-state index is 12.4. The third kappa shape index (κ3) is 6.12. The highest BCUT2D eigenvalue weighted by molar-refractivity contribution is 4.78. The number of aliphatic hydroxyl groups is 1. The summed E-state index contributed by atoms with van der Waals surface area (Å²) in [6.07, 6.45) is 2.15. The van der Waals surface area contributed by atoms with Gasteiger partial charge in [0.2, 0.25) is 0 Å². The zero-order valence-corrected chi connectivity index (χ0v) is 12.6. The van der Waals surface area contributed by atoms with Crippen molar-refractivity contribution < 1.29 is 18.3 Å². The van der Waals surface area contributed by atoms with Crippen molar-refractivity contribution in [2.45, 2.75) is 50.8 Å². The first-order valence-electron chi connectivity index (χ1n) is 8.13. The fourth-order valence-corrected chi connectivity index (χ4v) is 3.55. The van der Waals surface area contributed by atoms with E-state index in [-0.39, 0.29) is 6.10 Å². The molecule has 0 aromatic carbocycles. The Labute approximate surface area is 125 Å². The van der Waals surface area contributed by atoms with Crippen molar-refractivity contribution >= 4 is 0 Å². The summed E-state index contributed by atoms with van der Waals surface area (Å²) in [5.74, 6) is 0.383. The smallest absolute Gasteiger partial charge is 0.392 e. The summed E-state index contributed by atoms with van der Waals surface area (Å²) < 4.78 is 37.3. The molecule has 1 heterocycles. The van der Waals surface area contributed by atoms with Gasteiger partial charge in [0.15, 0.2) is 0 Å². The molecular weight excluding hydrogens is 281 g/mol. The van der Waals surface area contributed by atoms with Gasteiger partial charge in [0, 0.05) is 19.6 Å². The number of hydrogen-bond donors (Lipinski definition) is 1. The maximum atomic E-state index is 12.4. The Bertz CT molecular complexity index is 306. The standard InChI is InChI=1S/C15H27F3N2O/c16-15(17,18)12-20-8-4-7-19(9-10-20)11-14(21)13-5-2-1-3-6-13/h13-14,21H,1-12H2/t14-/m1/s1. The summed E-state index contributed by atoms with van der Waals surface area (Å²) in [4.78, 5) is 3.61. The van der Waals surface area contributed by atoms with Crippen LogP contribution in [0.1, 0.15) is 38.5 Å². The van der Waals surface area contributed by atoms with Gasteiger partial charge < -0.3 is 5.11 Å². The first-order chi connectivity index (χ1) is 9.94. The highest BCUT2D eigenvalue weighted by atomic mass is 19.4. The van der Waals surface area contributed by atoms with Crippen molar-refractivity contribution in [1.82, 2.24) is 9.80 Å².